The lowest BCUT2D eigenvalue weighted by molar-refractivity contribution is 0.0420. The Balaban J connectivity index is 1.82. The van der Waals surface area contributed by atoms with Crippen LogP contribution < -0.4 is 5.32 Å². The van der Waals surface area contributed by atoms with E-state index in [9.17, 15) is 4.79 Å². The minimum Gasteiger partial charge on any atom is -0.393 e. The van der Waals surface area contributed by atoms with Crippen molar-refractivity contribution in [1.82, 2.24) is 5.32 Å². The molecule has 1 fully saturated rings. The van der Waals surface area contributed by atoms with Crippen LogP contribution >= 0.6 is 0 Å². The number of carbonyl (C=O) groups excluding carboxylic acids is 1. The molecule has 1 amide bonds. The van der Waals surface area contributed by atoms with E-state index in [0.29, 0.717) is 18.0 Å². The van der Waals surface area contributed by atoms with E-state index in [-0.39, 0.29) is 18.6 Å². The van der Waals surface area contributed by atoms with Crippen molar-refractivity contribution in [3.63, 3.8) is 0 Å². The van der Waals surface area contributed by atoms with Crippen molar-refractivity contribution in [1.29, 1.82) is 0 Å². The molecule has 1 saturated carbocycles. The van der Waals surface area contributed by atoms with Crippen molar-refractivity contribution in [2.45, 2.75) is 25.6 Å². The Kier molecular flexibility index (Phi) is 3.76. The first-order valence-electron chi connectivity index (χ1n) is 5.85. The standard InChI is InChI=1S/C13H17NO3/c15-8-9-1-3-11(4-2-9)13(17)14-7-10-5-12(16)6-10/h1-4,10,12,15-16H,5-8H2,(H,14,17). The number of benzene rings is 1. The molecule has 4 heteroatoms. The molecule has 3 N–H and O–H groups in total. The molecular weight excluding hydrogens is 218 g/mol. The maximum absolute atomic E-state index is 11.7. The molecule has 0 heterocycles. The van der Waals surface area contributed by atoms with E-state index in [1.54, 1.807) is 24.3 Å². The molecule has 4 nitrogen and oxygen atoms in total. The minimum atomic E-state index is -0.180. The van der Waals surface area contributed by atoms with E-state index >= 15 is 0 Å². The molecule has 0 bridgehead atoms. The Bertz CT molecular complexity index is 382. The third-order valence-electron chi connectivity index (χ3n) is 3.16. The maximum atomic E-state index is 11.7. The molecule has 2 rings (SSSR count). The molecule has 0 aliphatic heterocycles. The van der Waals surface area contributed by atoms with Crippen molar-refractivity contribution in [2.75, 3.05) is 6.54 Å². The van der Waals surface area contributed by atoms with E-state index in [1.807, 2.05) is 0 Å². The number of rotatable bonds is 4. The molecule has 1 aromatic rings. The fourth-order valence-corrected chi connectivity index (χ4v) is 1.97. The second-order valence-electron chi connectivity index (χ2n) is 4.56. The summed E-state index contributed by atoms with van der Waals surface area (Å²) in [5.41, 5.74) is 1.39. The van der Waals surface area contributed by atoms with E-state index < -0.39 is 0 Å². The van der Waals surface area contributed by atoms with Gasteiger partial charge in [0, 0.05) is 12.1 Å². The molecule has 0 aromatic heterocycles. The van der Waals surface area contributed by atoms with Crippen LogP contribution in [-0.4, -0.2) is 28.8 Å². The third kappa shape index (κ3) is 3.05. The van der Waals surface area contributed by atoms with Gasteiger partial charge in [0.1, 0.15) is 0 Å². The van der Waals surface area contributed by atoms with Gasteiger partial charge in [-0.3, -0.25) is 4.79 Å². The van der Waals surface area contributed by atoms with Crippen molar-refractivity contribution in [3.05, 3.63) is 35.4 Å². The minimum absolute atomic E-state index is 0.0120. The van der Waals surface area contributed by atoms with Gasteiger partial charge in [0.2, 0.25) is 0 Å². The summed E-state index contributed by atoms with van der Waals surface area (Å²) in [5.74, 6) is 0.307. The fraction of sp³-hybridized carbons (Fsp3) is 0.462. The predicted octanol–water partition coefficient (Wildman–Crippen LogP) is 0.680. The fourth-order valence-electron chi connectivity index (χ4n) is 1.97. The van der Waals surface area contributed by atoms with Gasteiger partial charge in [-0.05, 0) is 36.5 Å². The lowest BCUT2D eigenvalue weighted by Crippen LogP contribution is -2.38. The van der Waals surface area contributed by atoms with Gasteiger partial charge in [-0.15, -0.1) is 0 Å². The Labute approximate surface area is 100 Å². The number of hydrogen-bond acceptors (Lipinski definition) is 3. The highest BCUT2D eigenvalue weighted by Gasteiger charge is 2.27. The average Bonchev–Trinajstić information content (AvgIpc) is 2.33. The topological polar surface area (TPSA) is 69.6 Å². The molecule has 0 radical (unpaired) electrons. The zero-order valence-electron chi connectivity index (χ0n) is 9.60. The molecule has 0 atom stereocenters. The van der Waals surface area contributed by atoms with Crippen molar-refractivity contribution >= 4 is 5.91 Å². The first-order chi connectivity index (χ1) is 8.19. The highest BCUT2D eigenvalue weighted by Crippen LogP contribution is 2.26. The third-order valence-corrected chi connectivity index (χ3v) is 3.16. The van der Waals surface area contributed by atoms with E-state index in [2.05, 4.69) is 5.32 Å². The predicted molar refractivity (Wildman–Crippen MR) is 63.4 cm³/mol. The Morgan fingerprint density at radius 3 is 2.47 bits per heavy atom. The van der Waals surface area contributed by atoms with Gasteiger partial charge in [0.05, 0.1) is 12.7 Å². The van der Waals surface area contributed by atoms with Crippen LogP contribution in [0.1, 0.15) is 28.8 Å². The zero-order valence-corrected chi connectivity index (χ0v) is 9.60. The van der Waals surface area contributed by atoms with Crippen molar-refractivity contribution in [2.24, 2.45) is 5.92 Å². The van der Waals surface area contributed by atoms with Crippen LogP contribution in [0.15, 0.2) is 24.3 Å². The molecule has 0 spiro atoms. The number of amides is 1. The maximum Gasteiger partial charge on any atom is 0.251 e. The number of aliphatic hydroxyl groups excluding tert-OH is 2. The molecular formula is C13H17NO3. The van der Waals surface area contributed by atoms with Gasteiger partial charge in [-0.2, -0.15) is 0 Å². The summed E-state index contributed by atoms with van der Waals surface area (Å²) in [6.45, 7) is 0.611. The first kappa shape index (κ1) is 12.1. The molecule has 0 unspecified atom stereocenters. The molecule has 92 valence electrons. The van der Waals surface area contributed by atoms with E-state index in [0.717, 1.165) is 18.4 Å². The SMILES string of the molecule is O=C(NCC1CC(O)C1)c1ccc(CO)cc1. The van der Waals surface area contributed by atoms with Crippen LogP contribution in [0.4, 0.5) is 0 Å². The van der Waals surface area contributed by atoms with Gasteiger partial charge < -0.3 is 15.5 Å². The summed E-state index contributed by atoms with van der Waals surface area (Å²) < 4.78 is 0. The Hall–Kier alpha value is -1.39. The number of aliphatic hydroxyl groups is 2. The Morgan fingerprint density at radius 1 is 1.29 bits per heavy atom. The van der Waals surface area contributed by atoms with Crippen LogP contribution in [0.25, 0.3) is 0 Å². The number of hydrogen-bond donors (Lipinski definition) is 3. The Morgan fingerprint density at radius 2 is 1.94 bits per heavy atom. The smallest absolute Gasteiger partial charge is 0.251 e. The van der Waals surface area contributed by atoms with E-state index in [4.69, 9.17) is 10.2 Å². The van der Waals surface area contributed by atoms with Gasteiger partial charge in [0.15, 0.2) is 0 Å². The summed E-state index contributed by atoms with van der Waals surface area (Å²) in [6.07, 6.45) is 1.38. The lowest BCUT2D eigenvalue weighted by atomic mass is 9.82. The molecule has 1 aliphatic rings. The monoisotopic (exact) mass is 235 g/mol. The highest BCUT2D eigenvalue weighted by molar-refractivity contribution is 5.94. The quantitative estimate of drug-likeness (QED) is 0.718. The summed E-state index contributed by atoms with van der Waals surface area (Å²) in [5, 5.41) is 20.9. The summed E-state index contributed by atoms with van der Waals surface area (Å²) >= 11 is 0. The van der Waals surface area contributed by atoms with Gasteiger partial charge in [0.25, 0.3) is 5.91 Å². The summed E-state index contributed by atoms with van der Waals surface area (Å²) in [4.78, 5) is 11.7. The van der Waals surface area contributed by atoms with Gasteiger partial charge in [-0.25, -0.2) is 0 Å². The van der Waals surface area contributed by atoms with Crippen molar-refractivity contribution < 1.29 is 15.0 Å². The second-order valence-corrected chi connectivity index (χ2v) is 4.56. The molecule has 17 heavy (non-hydrogen) atoms. The normalized spacial score (nSPS) is 22.9. The lowest BCUT2D eigenvalue weighted by Gasteiger charge is -2.31. The van der Waals surface area contributed by atoms with Crippen LogP contribution in [0, 0.1) is 5.92 Å². The number of nitrogens with one attached hydrogen (secondary N) is 1. The zero-order chi connectivity index (χ0) is 12.3. The van der Waals surface area contributed by atoms with Gasteiger partial charge in [-0.1, -0.05) is 12.1 Å². The van der Waals surface area contributed by atoms with Crippen LogP contribution in [0.5, 0.6) is 0 Å². The van der Waals surface area contributed by atoms with Crippen LogP contribution in [0.2, 0.25) is 0 Å². The summed E-state index contributed by atoms with van der Waals surface area (Å²) in [7, 11) is 0. The van der Waals surface area contributed by atoms with Gasteiger partial charge >= 0.3 is 0 Å². The molecule has 1 aliphatic carbocycles. The molecule has 1 aromatic carbocycles. The van der Waals surface area contributed by atoms with Crippen molar-refractivity contribution in [3.8, 4) is 0 Å². The highest BCUT2D eigenvalue weighted by atomic mass is 16.3. The second kappa shape index (κ2) is 5.29. The summed E-state index contributed by atoms with van der Waals surface area (Å²) in [6, 6.07) is 6.89. The van der Waals surface area contributed by atoms with Crippen LogP contribution in [0.3, 0.4) is 0 Å². The number of carbonyl (C=O) groups is 1. The average molecular weight is 235 g/mol. The van der Waals surface area contributed by atoms with E-state index in [1.165, 1.54) is 0 Å². The molecule has 0 saturated heterocycles. The van der Waals surface area contributed by atoms with Crippen LogP contribution in [-0.2, 0) is 6.61 Å². The largest absolute Gasteiger partial charge is 0.393 e. The first-order valence-corrected chi connectivity index (χ1v) is 5.85.